The lowest BCUT2D eigenvalue weighted by Crippen LogP contribution is -2.36. The smallest absolute Gasteiger partial charge is 0.263 e. The molecule has 0 spiro atoms. The zero-order valence-electron chi connectivity index (χ0n) is 19.6. The van der Waals surface area contributed by atoms with Crippen LogP contribution in [0.4, 0.5) is 0 Å². The summed E-state index contributed by atoms with van der Waals surface area (Å²) in [4.78, 5) is 25.8. The van der Waals surface area contributed by atoms with Gasteiger partial charge < -0.3 is 14.6 Å². The van der Waals surface area contributed by atoms with Gasteiger partial charge in [0.2, 0.25) is 0 Å². The standard InChI is InChI=1S/C24H25N5O5S/c1-15(2)35(32,33)24(8-9-24)14-34-22-20-18(13-27-28-22)10-19(23(31)29(20)3)21(30)26-12-17-6-4-16(11-25)5-7-17/h4-7,10,13,15H,8-9,12,14H2,1-3H3,(H,26,30). The molecule has 2 aromatic heterocycles. The van der Waals surface area contributed by atoms with Crippen LogP contribution in [0.25, 0.3) is 10.9 Å². The molecule has 1 aromatic carbocycles. The van der Waals surface area contributed by atoms with Gasteiger partial charge in [-0.25, -0.2) is 8.42 Å². The SMILES string of the molecule is CC(C)S(=O)(=O)C1(COc2nncc3cc(C(=O)NCc4ccc(C#N)cc4)c(=O)n(C)c23)CC1. The zero-order valence-corrected chi connectivity index (χ0v) is 20.4. The number of aromatic nitrogens is 3. The van der Waals surface area contributed by atoms with E-state index in [1.165, 1.54) is 23.9 Å². The predicted molar refractivity (Wildman–Crippen MR) is 129 cm³/mol. The van der Waals surface area contributed by atoms with E-state index in [0.717, 1.165) is 5.56 Å². The van der Waals surface area contributed by atoms with Crippen molar-refractivity contribution in [1.29, 1.82) is 5.26 Å². The Morgan fingerprint density at radius 1 is 1.29 bits per heavy atom. The number of nitrogens with one attached hydrogen (secondary N) is 1. The van der Waals surface area contributed by atoms with Crippen molar-refractivity contribution in [2.45, 2.75) is 43.2 Å². The lowest BCUT2D eigenvalue weighted by atomic mass is 10.1. The summed E-state index contributed by atoms with van der Waals surface area (Å²) < 4.78 is 31.5. The first-order chi connectivity index (χ1) is 16.6. The number of pyridine rings is 1. The average molecular weight is 496 g/mol. The number of fused-ring (bicyclic) bond motifs is 1. The van der Waals surface area contributed by atoms with Gasteiger partial charge in [0.25, 0.3) is 17.3 Å². The summed E-state index contributed by atoms with van der Waals surface area (Å²) in [6, 6.07) is 10.2. The van der Waals surface area contributed by atoms with Crippen molar-refractivity contribution in [3.05, 3.63) is 63.6 Å². The van der Waals surface area contributed by atoms with Crippen molar-refractivity contribution in [1.82, 2.24) is 20.1 Å². The normalized spacial score (nSPS) is 14.5. The summed E-state index contributed by atoms with van der Waals surface area (Å²) in [6.45, 7) is 3.39. The van der Waals surface area contributed by atoms with Crippen LogP contribution in [0.3, 0.4) is 0 Å². The fraction of sp³-hybridized carbons (Fsp3) is 0.375. The van der Waals surface area contributed by atoms with Crippen molar-refractivity contribution in [3.8, 4) is 11.9 Å². The first kappa shape index (κ1) is 24.3. The molecule has 2 heterocycles. The fourth-order valence-corrected chi connectivity index (χ4v) is 5.80. The summed E-state index contributed by atoms with van der Waals surface area (Å²) in [5.41, 5.74) is 0.988. The van der Waals surface area contributed by atoms with Crippen LogP contribution in [0.5, 0.6) is 5.88 Å². The number of rotatable bonds is 8. The molecular formula is C24H25N5O5S. The molecule has 4 rings (SSSR count). The molecule has 1 fully saturated rings. The van der Waals surface area contributed by atoms with E-state index >= 15 is 0 Å². The Kier molecular flexibility index (Phi) is 6.34. The summed E-state index contributed by atoms with van der Waals surface area (Å²) in [6.07, 6.45) is 2.43. The maximum absolute atomic E-state index is 13.0. The van der Waals surface area contributed by atoms with Gasteiger partial charge in [-0.1, -0.05) is 12.1 Å². The Hall–Kier alpha value is -3.78. The molecule has 1 amide bonds. The lowest BCUT2D eigenvalue weighted by Gasteiger charge is -2.20. The highest BCUT2D eigenvalue weighted by atomic mass is 32.2. The largest absolute Gasteiger partial charge is 0.473 e. The Bertz CT molecular complexity index is 1500. The number of carbonyl (C=O) groups is 1. The first-order valence-corrected chi connectivity index (χ1v) is 12.6. The molecule has 0 aliphatic heterocycles. The highest BCUT2D eigenvalue weighted by Crippen LogP contribution is 2.46. The molecule has 11 heteroatoms. The summed E-state index contributed by atoms with van der Waals surface area (Å²) in [5.74, 6) is -0.520. The number of aryl methyl sites for hydroxylation is 1. The molecule has 35 heavy (non-hydrogen) atoms. The molecule has 3 aromatic rings. The van der Waals surface area contributed by atoms with Crippen LogP contribution in [-0.2, 0) is 23.4 Å². The lowest BCUT2D eigenvalue weighted by molar-refractivity contribution is 0.0949. The summed E-state index contributed by atoms with van der Waals surface area (Å²) in [7, 11) is -1.87. The molecule has 1 N–H and O–H groups in total. The van der Waals surface area contributed by atoms with Gasteiger partial charge in [0.1, 0.15) is 22.4 Å². The molecule has 0 unspecified atom stereocenters. The molecule has 0 atom stereocenters. The number of ether oxygens (including phenoxy) is 1. The maximum atomic E-state index is 13.0. The van der Waals surface area contributed by atoms with Crippen molar-refractivity contribution >= 4 is 26.6 Å². The Morgan fingerprint density at radius 2 is 1.97 bits per heavy atom. The van der Waals surface area contributed by atoms with Gasteiger partial charge in [0.15, 0.2) is 9.84 Å². The second kappa shape index (κ2) is 9.11. The van der Waals surface area contributed by atoms with Gasteiger partial charge in [-0.05, 0) is 50.5 Å². The quantitative estimate of drug-likeness (QED) is 0.499. The number of hydrogen-bond acceptors (Lipinski definition) is 8. The first-order valence-electron chi connectivity index (χ1n) is 11.1. The van der Waals surface area contributed by atoms with Gasteiger partial charge >= 0.3 is 0 Å². The fourth-order valence-electron chi connectivity index (χ4n) is 3.90. The van der Waals surface area contributed by atoms with Crippen LogP contribution in [0.15, 0.2) is 41.3 Å². The van der Waals surface area contributed by atoms with E-state index in [2.05, 4.69) is 15.5 Å². The third-order valence-corrected chi connectivity index (χ3v) is 9.25. The Morgan fingerprint density at radius 3 is 2.57 bits per heavy atom. The number of nitriles is 1. The van der Waals surface area contributed by atoms with E-state index in [4.69, 9.17) is 10.00 Å². The minimum Gasteiger partial charge on any atom is -0.473 e. The minimum absolute atomic E-state index is 0.0388. The van der Waals surface area contributed by atoms with Crippen LogP contribution in [0, 0.1) is 11.3 Å². The van der Waals surface area contributed by atoms with Crippen molar-refractivity contribution in [3.63, 3.8) is 0 Å². The van der Waals surface area contributed by atoms with Crippen LogP contribution < -0.4 is 15.6 Å². The van der Waals surface area contributed by atoms with Gasteiger partial charge in [-0.15, -0.1) is 5.10 Å². The number of hydrogen-bond donors (Lipinski definition) is 1. The van der Waals surface area contributed by atoms with Gasteiger partial charge in [-0.3, -0.25) is 9.59 Å². The van der Waals surface area contributed by atoms with Gasteiger partial charge in [0.05, 0.1) is 23.1 Å². The van der Waals surface area contributed by atoms with Crippen molar-refractivity contribution in [2.24, 2.45) is 7.05 Å². The Balaban J connectivity index is 1.57. The topological polar surface area (TPSA) is 144 Å². The molecular weight excluding hydrogens is 470 g/mol. The minimum atomic E-state index is -3.37. The van der Waals surface area contributed by atoms with E-state index in [1.54, 1.807) is 38.1 Å². The molecule has 1 saturated carbocycles. The average Bonchev–Trinajstić information content (AvgIpc) is 3.65. The third-order valence-electron chi connectivity index (χ3n) is 6.28. The highest BCUT2D eigenvalue weighted by Gasteiger charge is 2.56. The highest BCUT2D eigenvalue weighted by molar-refractivity contribution is 7.93. The molecule has 182 valence electrons. The third kappa shape index (κ3) is 4.49. The number of sulfone groups is 1. The van der Waals surface area contributed by atoms with Crippen LogP contribution in [-0.4, -0.2) is 45.7 Å². The number of carbonyl (C=O) groups excluding carboxylic acids is 1. The van der Waals surface area contributed by atoms with Crippen LogP contribution >= 0.6 is 0 Å². The van der Waals surface area contributed by atoms with Crippen LogP contribution in [0.2, 0.25) is 0 Å². The van der Waals surface area contributed by atoms with E-state index < -0.39 is 31.3 Å². The number of benzene rings is 1. The predicted octanol–water partition coefficient (Wildman–Crippen LogP) is 1.86. The summed E-state index contributed by atoms with van der Waals surface area (Å²) in [5, 5.41) is 19.4. The van der Waals surface area contributed by atoms with Gasteiger partial charge in [-0.2, -0.15) is 10.4 Å². The molecule has 0 bridgehead atoms. The second-order valence-electron chi connectivity index (χ2n) is 8.93. The van der Waals surface area contributed by atoms with E-state index in [1.807, 2.05) is 6.07 Å². The molecule has 1 aliphatic carbocycles. The number of nitrogens with zero attached hydrogens (tertiary/aromatic N) is 4. The molecule has 0 radical (unpaired) electrons. The van der Waals surface area contributed by atoms with Crippen LogP contribution in [0.1, 0.15) is 48.2 Å². The van der Waals surface area contributed by atoms with E-state index in [0.29, 0.717) is 29.3 Å². The molecule has 0 saturated heterocycles. The summed E-state index contributed by atoms with van der Waals surface area (Å²) >= 11 is 0. The zero-order chi connectivity index (χ0) is 25.4. The Labute approximate surface area is 202 Å². The van der Waals surface area contributed by atoms with Crippen molar-refractivity contribution in [2.75, 3.05) is 6.61 Å². The van der Waals surface area contributed by atoms with Gasteiger partial charge in [0, 0.05) is 19.0 Å². The molecule has 10 nitrogen and oxygen atoms in total. The monoisotopic (exact) mass is 495 g/mol. The maximum Gasteiger partial charge on any atom is 0.263 e. The number of amides is 1. The van der Waals surface area contributed by atoms with E-state index in [9.17, 15) is 18.0 Å². The second-order valence-corrected chi connectivity index (χ2v) is 11.8. The molecule has 1 aliphatic rings. The van der Waals surface area contributed by atoms with E-state index in [-0.39, 0.29) is 24.6 Å². The van der Waals surface area contributed by atoms with Crippen molar-refractivity contribution < 1.29 is 17.9 Å².